The summed E-state index contributed by atoms with van der Waals surface area (Å²) in [6, 6.07) is 1.48. The van der Waals surface area contributed by atoms with Gasteiger partial charge in [0.15, 0.2) is 5.09 Å². The molecule has 17 heavy (non-hydrogen) atoms. The van der Waals surface area contributed by atoms with E-state index in [1.54, 1.807) is 5.01 Å². The zero-order valence-corrected chi connectivity index (χ0v) is 9.83. The van der Waals surface area contributed by atoms with Gasteiger partial charge < -0.3 is 9.52 Å². The summed E-state index contributed by atoms with van der Waals surface area (Å²) in [5, 5.41) is 10.8. The first-order chi connectivity index (χ1) is 8.16. The van der Waals surface area contributed by atoms with Crippen molar-refractivity contribution in [2.24, 2.45) is 0 Å². The molecule has 1 fully saturated rings. The van der Waals surface area contributed by atoms with Crippen molar-refractivity contribution in [2.75, 3.05) is 18.8 Å². The molecule has 0 saturated carbocycles. The fourth-order valence-electron chi connectivity index (χ4n) is 1.47. The zero-order valence-electron chi connectivity index (χ0n) is 9.01. The van der Waals surface area contributed by atoms with Gasteiger partial charge >= 0.3 is 5.97 Å². The molecule has 92 valence electrons. The molecule has 1 saturated heterocycles. The first-order valence-electron chi connectivity index (χ1n) is 5.15. The SMILES string of the molecule is O=C(O)c1coc(SCCN2NCCC2=O)c1. The molecular weight excluding hydrogens is 244 g/mol. The number of aromatic carboxylic acids is 1. The predicted molar refractivity (Wildman–Crippen MR) is 60.7 cm³/mol. The van der Waals surface area contributed by atoms with Gasteiger partial charge in [0.25, 0.3) is 0 Å². The molecule has 1 aliphatic rings. The van der Waals surface area contributed by atoms with Crippen LogP contribution in [0.1, 0.15) is 16.8 Å². The Morgan fingerprint density at radius 2 is 2.47 bits per heavy atom. The van der Waals surface area contributed by atoms with Crippen molar-refractivity contribution in [2.45, 2.75) is 11.5 Å². The molecule has 2 N–H and O–H groups in total. The van der Waals surface area contributed by atoms with Crippen LogP contribution in [0.5, 0.6) is 0 Å². The minimum absolute atomic E-state index is 0.0938. The molecule has 0 aliphatic carbocycles. The van der Waals surface area contributed by atoms with E-state index in [0.717, 1.165) is 0 Å². The number of rotatable bonds is 5. The van der Waals surface area contributed by atoms with Crippen molar-refractivity contribution < 1.29 is 19.1 Å². The van der Waals surface area contributed by atoms with E-state index in [2.05, 4.69) is 5.43 Å². The Hall–Kier alpha value is -1.47. The Kier molecular flexibility index (Phi) is 3.70. The lowest BCUT2D eigenvalue weighted by molar-refractivity contribution is -0.129. The number of carbonyl (C=O) groups is 2. The van der Waals surface area contributed by atoms with Crippen molar-refractivity contribution in [3.63, 3.8) is 0 Å². The van der Waals surface area contributed by atoms with Crippen LogP contribution in [0.15, 0.2) is 21.8 Å². The highest BCUT2D eigenvalue weighted by molar-refractivity contribution is 7.99. The van der Waals surface area contributed by atoms with E-state index in [9.17, 15) is 9.59 Å². The third kappa shape index (κ3) is 3.01. The molecule has 1 amide bonds. The minimum Gasteiger partial charge on any atom is -0.478 e. The number of thioether (sulfide) groups is 1. The molecule has 0 unspecified atom stereocenters. The van der Waals surface area contributed by atoms with Gasteiger partial charge in [0.05, 0.1) is 5.56 Å². The number of hydrogen-bond donors (Lipinski definition) is 2. The Balaban J connectivity index is 1.77. The van der Waals surface area contributed by atoms with Crippen molar-refractivity contribution in [1.29, 1.82) is 0 Å². The summed E-state index contributed by atoms with van der Waals surface area (Å²) in [7, 11) is 0. The summed E-state index contributed by atoms with van der Waals surface area (Å²) in [4.78, 5) is 21.9. The Bertz CT molecular complexity index is 432. The van der Waals surface area contributed by atoms with Gasteiger partial charge in [-0.25, -0.2) is 10.2 Å². The molecule has 1 aromatic heterocycles. The average molecular weight is 256 g/mol. The standard InChI is InChI=1S/C10H12N2O4S/c13-8-1-2-11-12(8)3-4-17-9-5-7(6-16-9)10(14)15/h5-6,11H,1-4H2,(H,14,15). The van der Waals surface area contributed by atoms with E-state index < -0.39 is 5.97 Å². The fraction of sp³-hybridized carbons (Fsp3) is 0.400. The first kappa shape index (κ1) is 12.0. The topological polar surface area (TPSA) is 82.8 Å². The lowest BCUT2D eigenvalue weighted by atomic mass is 10.4. The second-order valence-electron chi connectivity index (χ2n) is 3.51. The van der Waals surface area contributed by atoms with Crippen molar-refractivity contribution in [1.82, 2.24) is 10.4 Å². The third-order valence-corrected chi connectivity index (χ3v) is 3.21. The largest absolute Gasteiger partial charge is 0.478 e. The Morgan fingerprint density at radius 1 is 1.65 bits per heavy atom. The van der Waals surface area contributed by atoms with Gasteiger partial charge in [-0.3, -0.25) is 9.80 Å². The number of carboxylic acid groups (broad SMARTS) is 1. The van der Waals surface area contributed by atoms with E-state index in [1.807, 2.05) is 0 Å². The predicted octanol–water partition coefficient (Wildman–Crippen LogP) is 0.807. The summed E-state index contributed by atoms with van der Waals surface area (Å²) < 4.78 is 5.08. The van der Waals surface area contributed by atoms with Crippen LogP contribution in [0.25, 0.3) is 0 Å². The smallest absolute Gasteiger partial charge is 0.339 e. The van der Waals surface area contributed by atoms with E-state index in [4.69, 9.17) is 9.52 Å². The molecule has 2 rings (SSSR count). The summed E-state index contributed by atoms with van der Waals surface area (Å²) in [5.74, 6) is -0.251. The number of nitrogens with zero attached hydrogens (tertiary/aromatic N) is 1. The molecule has 0 bridgehead atoms. The van der Waals surface area contributed by atoms with Gasteiger partial charge in [-0.2, -0.15) is 0 Å². The number of hydrazine groups is 1. The molecule has 1 aromatic rings. The van der Waals surface area contributed by atoms with Gasteiger partial charge in [-0.15, -0.1) is 0 Å². The highest BCUT2D eigenvalue weighted by Gasteiger charge is 2.19. The fourth-order valence-corrected chi connectivity index (χ4v) is 2.27. The number of amides is 1. The van der Waals surface area contributed by atoms with Gasteiger partial charge in [0.2, 0.25) is 5.91 Å². The van der Waals surface area contributed by atoms with Gasteiger partial charge in [-0.1, -0.05) is 11.8 Å². The van der Waals surface area contributed by atoms with Crippen LogP contribution in [0.3, 0.4) is 0 Å². The van der Waals surface area contributed by atoms with Crippen LogP contribution in [-0.4, -0.2) is 40.8 Å². The number of carbonyl (C=O) groups excluding carboxylic acids is 1. The van der Waals surface area contributed by atoms with E-state index >= 15 is 0 Å². The maximum Gasteiger partial charge on any atom is 0.339 e. The quantitative estimate of drug-likeness (QED) is 0.758. The lowest BCUT2D eigenvalue weighted by Crippen LogP contribution is -2.35. The van der Waals surface area contributed by atoms with Crippen molar-refractivity contribution in [3.05, 3.63) is 17.9 Å². The maximum atomic E-state index is 11.3. The van der Waals surface area contributed by atoms with E-state index in [0.29, 0.717) is 30.4 Å². The van der Waals surface area contributed by atoms with Crippen LogP contribution in [0, 0.1) is 0 Å². The maximum absolute atomic E-state index is 11.3. The van der Waals surface area contributed by atoms with E-state index in [1.165, 1.54) is 24.1 Å². The van der Waals surface area contributed by atoms with Gasteiger partial charge in [-0.05, 0) is 0 Å². The minimum atomic E-state index is -1.00. The second kappa shape index (κ2) is 5.24. The van der Waals surface area contributed by atoms with Crippen LogP contribution >= 0.6 is 11.8 Å². The molecule has 7 heteroatoms. The third-order valence-electron chi connectivity index (χ3n) is 2.32. The molecule has 0 atom stereocenters. The van der Waals surface area contributed by atoms with Gasteiger partial charge in [0, 0.05) is 31.3 Å². The highest BCUT2D eigenvalue weighted by atomic mass is 32.2. The van der Waals surface area contributed by atoms with Crippen LogP contribution in [0.4, 0.5) is 0 Å². The monoisotopic (exact) mass is 256 g/mol. The highest BCUT2D eigenvalue weighted by Crippen LogP contribution is 2.21. The summed E-state index contributed by atoms with van der Waals surface area (Å²) >= 11 is 1.38. The van der Waals surface area contributed by atoms with E-state index in [-0.39, 0.29) is 11.5 Å². The summed E-state index contributed by atoms with van der Waals surface area (Å²) in [6.45, 7) is 1.26. The van der Waals surface area contributed by atoms with Crippen LogP contribution in [-0.2, 0) is 4.79 Å². The number of nitrogens with one attached hydrogen (secondary N) is 1. The molecular formula is C10H12N2O4S. The van der Waals surface area contributed by atoms with Crippen molar-refractivity contribution >= 4 is 23.6 Å². The molecule has 2 heterocycles. The molecule has 0 radical (unpaired) electrons. The molecule has 0 aromatic carbocycles. The summed E-state index contributed by atoms with van der Waals surface area (Å²) in [5.41, 5.74) is 3.10. The molecule has 1 aliphatic heterocycles. The number of hydrogen-bond acceptors (Lipinski definition) is 5. The van der Waals surface area contributed by atoms with Gasteiger partial charge in [0.1, 0.15) is 6.26 Å². The second-order valence-corrected chi connectivity index (χ2v) is 4.61. The first-order valence-corrected chi connectivity index (χ1v) is 6.14. The Morgan fingerprint density at radius 3 is 3.06 bits per heavy atom. The average Bonchev–Trinajstić information content (AvgIpc) is 2.89. The van der Waals surface area contributed by atoms with Crippen molar-refractivity contribution in [3.8, 4) is 0 Å². The normalized spacial score (nSPS) is 15.5. The number of furan rings is 1. The molecule has 6 nitrogen and oxygen atoms in total. The van der Waals surface area contributed by atoms with Crippen LogP contribution < -0.4 is 5.43 Å². The van der Waals surface area contributed by atoms with Crippen LogP contribution in [0.2, 0.25) is 0 Å². The number of carboxylic acids is 1. The lowest BCUT2D eigenvalue weighted by Gasteiger charge is -2.14. The Labute approximate surface area is 102 Å². The molecule has 0 spiro atoms. The zero-order chi connectivity index (χ0) is 12.3. The summed E-state index contributed by atoms with van der Waals surface area (Å²) in [6.07, 6.45) is 1.75.